The van der Waals surface area contributed by atoms with Gasteiger partial charge in [0, 0.05) is 11.1 Å². The fourth-order valence-electron chi connectivity index (χ4n) is 1.92. The standard InChI is InChI=1S/C11H12ClNO2/c12-8-3-1-2-7(6-8)9-4-5-10(13-9)11(14)15/h1-3,6,9-10,13H,4-5H2,(H,14,15)/t9-,10+/m0/s1. The number of hydrogen-bond donors (Lipinski definition) is 2. The van der Waals surface area contributed by atoms with Crippen LogP contribution in [-0.4, -0.2) is 17.1 Å². The molecule has 1 aliphatic rings. The van der Waals surface area contributed by atoms with E-state index in [4.69, 9.17) is 16.7 Å². The molecular weight excluding hydrogens is 214 g/mol. The SMILES string of the molecule is O=C(O)[C@H]1CC[C@@H](c2cccc(Cl)c2)N1. The van der Waals surface area contributed by atoms with Crippen molar-refractivity contribution in [3.8, 4) is 0 Å². The number of hydrogen-bond acceptors (Lipinski definition) is 2. The lowest BCUT2D eigenvalue weighted by molar-refractivity contribution is -0.139. The topological polar surface area (TPSA) is 49.3 Å². The highest BCUT2D eigenvalue weighted by Crippen LogP contribution is 2.27. The molecule has 3 nitrogen and oxygen atoms in total. The number of carboxylic acids is 1. The minimum atomic E-state index is -0.778. The lowest BCUT2D eigenvalue weighted by atomic mass is 10.1. The van der Waals surface area contributed by atoms with Gasteiger partial charge in [0.2, 0.25) is 0 Å². The van der Waals surface area contributed by atoms with Crippen LogP contribution < -0.4 is 5.32 Å². The smallest absolute Gasteiger partial charge is 0.320 e. The van der Waals surface area contributed by atoms with Crippen molar-refractivity contribution in [2.24, 2.45) is 0 Å². The Morgan fingerprint density at radius 1 is 1.47 bits per heavy atom. The van der Waals surface area contributed by atoms with Crippen molar-refractivity contribution in [3.63, 3.8) is 0 Å². The van der Waals surface area contributed by atoms with E-state index in [1.807, 2.05) is 24.3 Å². The summed E-state index contributed by atoms with van der Waals surface area (Å²) in [6, 6.07) is 7.23. The third-order valence-electron chi connectivity index (χ3n) is 2.70. The van der Waals surface area contributed by atoms with Crippen molar-refractivity contribution >= 4 is 17.6 Å². The van der Waals surface area contributed by atoms with Crippen LogP contribution in [0.3, 0.4) is 0 Å². The highest BCUT2D eigenvalue weighted by atomic mass is 35.5. The molecule has 80 valence electrons. The maximum absolute atomic E-state index is 10.8. The Balaban J connectivity index is 2.11. The second-order valence-corrected chi connectivity index (χ2v) is 4.18. The molecule has 1 aromatic carbocycles. The summed E-state index contributed by atoms with van der Waals surface area (Å²) in [5.41, 5.74) is 1.06. The van der Waals surface area contributed by atoms with Crippen LogP contribution in [0.4, 0.5) is 0 Å². The van der Waals surface area contributed by atoms with Gasteiger partial charge >= 0.3 is 5.97 Å². The zero-order chi connectivity index (χ0) is 10.8. The van der Waals surface area contributed by atoms with Crippen LogP contribution in [0.5, 0.6) is 0 Å². The molecule has 0 radical (unpaired) electrons. The summed E-state index contributed by atoms with van der Waals surface area (Å²) in [6.07, 6.45) is 1.52. The highest BCUT2D eigenvalue weighted by molar-refractivity contribution is 6.30. The summed E-state index contributed by atoms with van der Waals surface area (Å²) >= 11 is 5.88. The molecule has 0 aromatic heterocycles. The maximum Gasteiger partial charge on any atom is 0.320 e. The Morgan fingerprint density at radius 3 is 2.87 bits per heavy atom. The van der Waals surface area contributed by atoms with Crippen molar-refractivity contribution in [2.75, 3.05) is 0 Å². The van der Waals surface area contributed by atoms with E-state index >= 15 is 0 Å². The van der Waals surface area contributed by atoms with Crippen molar-refractivity contribution in [1.29, 1.82) is 0 Å². The summed E-state index contributed by atoms with van der Waals surface area (Å²) in [7, 11) is 0. The first-order chi connectivity index (χ1) is 7.16. The monoisotopic (exact) mass is 225 g/mol. The molecule has 0 saturated carbocycles. The molecule has 0 bridgehead atoms. The molecule has 0 amide bonds. The van der Waals surface area contributed by atoms with E-state index < -0.39 is 12.0 Å². The number of carbonyl (C=O) groups is 1. The fourth-order valence-corrected chi connectivity index (χ4v) is 2.12. The van der Waals surface area contributed by atoms with Crippen molar-refractivity contribution in [2.45, 2.75) is 24.9 Å². The fraction of sp³-hybridized carbons (Fsp3) is 0.364. The molecule has 1 saturated heterocycles. The Morgan fingerprint density at radius 2 is 2.27 bits per heavy atom. The minimum Gasteiger partial charge on any atom is -0.480 e. The quantitative estimate of drug-likeness (QED) is 0.812. The summed E-state index contributed by atoms with van der Waals surface area (Å²) in [5.74, 6) is -0.778. The number of halogens is 1. The Bertz CT molecular complexity index is 381. The second kappa shape index (κ2) is 4.21. The number of benzene rings is 1. The zero-order valence-corrected chi connectivity index (χ0v) is 8.87. The van der Waals surface area contributed by atoms with Gasteiger partial charge in [0.15, 0.2) is 0 Å². The van der Waals surface area contributed by atoms with Crippen LogP contribution in [0.2, 0.25) is 5.02 Å². The van der Waals surface area contributed by atoms with Gasteiger partial charge in [0.25, 0.3) is 0 Å². The van der Waals surface area contributed by atoms with Gasteiger partial charge in [-0.05, 0) is 30.5 Å². The molecule has 4 heteroatoms. The van der Waals surface area contributed by atoms with Gasteiger partial charge in [0.05, 0.1) is 0 Å². The number of aliphatic carboxylic acids is 1. The lowest BCUT2D eigenvalue weighted by Gasteiger charge is -2.12. The Hall–Kier alpha value is -1.06. The van der Waals surface area contributed by atoms with Crippen molar-refractivity contribution in [3.05, 3.63) is 34.9 Å². The number of carboxylic acid groups (broad SMARTS) is 1. The second-order valence-electron chi connectivity index (χ2n) is 3.74. The van der Waals surface area contributed by atoms with Gasteiger partial charge in [-0.25, -0.2) is 0 Å². The molecule has 0 spiro atoms. The van der Waals surface area contributed by atoms with Gasteiger partial charge in [-0.3, -0.25) is 10.1 Å². The average molecular weight is 226 g/mol. The van der Waals surface area contributed by atoms with E-state index in [0.717, 1.165) is 12.0 Å². The van der Waals surface area contributed by atoms with E-state index in [2.05, 4.69) is 5.32 Å². The van der Waals surface area contributed by atoms with Gasteiger partial charge < -0.3 is 5.11 Å². The first kappa shape index (κ1) is 10.5. The molecule has 1 fully saturated rings. The Kier molecular flexibility index (Phi) is 2.93. The number of nitrogens with one attached hydrogen (secondary N) is 1. The predicted octanol–water partition coefficient (Wildman–Crippen LogP) is 2.22. The van der Waals surface area contributed by atoms with Crippen molar-refractivity contribution in [1.82, 2.24) is 5.32 Å². The molecule has 0 aliphatic carbocycles. The van der Waals surface area contributed by atoms with Gasteiger partial charge in [-0.15, -0.1) is 0 Å². The van der Waals surface area contributed by atoms with Gasteiger partial charge in [-0.2, -0.15) is 0 Å². The molecule has 2 rings (SSSR count). The van der Waals surface area contributed by atoms with Crippen LogP contribution in [0.25, 0.3) is 0 Å². The van der Waals surface area contributed by atoms with Crippen LogP contribution in [-0.2, 0) is 4.79 Å². The van der Waals surface area contributed by atoms with Crippen LogP contribution in [0.15, 0.2) is 24.3 Å². The van der Waals surface area contributed by atoms with E-state index in [1.54, 1.807) is 0 Å². The third kappa shape index (κ3) is 2.30. The molecule has 2 N–H and O–H groups in total. The number of rotatable bonds is 2. The molecule has 2 atom stereocenters. The molecule has 1 heterocycles. The van der Waals surface area contributed by atoms with Gasteiger partial charge in [-0.1, -0.05) is 23.7 Å². The predicted molar refractivity (Wildman–Crippen MR) is 58.0 cm³/mol. The Labute approximate surface area is 93.1 Å². The van der Waals surface area contributed by atoms with Crippen LogP contribution >= 0.6 is 11.6 Å². The molecule has 1 aliphatic heterocycles. The van der Waals surface area contributed by atoms with Gasteiger partial charge in [0.1, 0.15) is 6.04 Å². The summed E-state index contributed by atoms with van der Waals surface area (Å²) in [5, 5.41) is 12.6. The van der Waals surface area contributed by atoms with Crippen LogP contribution in [0.1, 0.15) is 24.4 Å². The minimum absolute atomic E-state index is 0.116. The zero-order valence-electron chi connectivity index (χ0n) is 8.11. The first-order valence-corrected chi connectivity index (χ1v) is 5.29. The molecular formula is C11H12ClNO2. The van der Waals surface area contributed by atoms with E-state index in [1.165, 1.54) is 0 Å². The third-order valence-corrected chi connectivity index (χ3v) is 2.93. The highest BCUT2D eigenvalue weighted by Gasteiger charge is 2.29. The van der Waals surface area contributed by atoms with Crippen LogP contribution in [0, 0.1) is 0 Å². The normalized spacial score (nSPS) is 25.4. The first-order valence-electron chi connectivity index (χ1n) is 4.91. The summed E-state index contributed by atoms with van der Waals surface area (Å²) in [4.78, 5) is 10.8. The van der Waals surface area contributed by atoms with E-state index in [-0.39, 0.29) is 6.04 Å². The molecule has 15 heavy (non-hydrogen) atoms. The van der Waals surface area contributed by atoms with Crippen molar-refractivity contribution < 1.29 is 9.90 Å². The summed E-state index contributed by atoms with van der Waals surface area (Å²) in [6.45, 7) is 0. The average Bonchev–Trinajstić information content (AvgIpc) is 2.66. The van der Waals surface area contributed by atoms with E-state index in [9.17, 15) is 4.79 Å². The molecule has 1 aromatic rings. The summed E-state index contributed by atoms with van der Waals surface area (Å²) < 4.78 is 0. The maximum atomic E-state index is 10.8. The molecule has 0 unspecified atom stereocenters. The van der Waals surface area contributed by atoms with E-state index in [0.29, 0.717) is 11.4 Å². The lowest BCUT2D eigenvalue weighted by Crippen LogP contribution is -2.31. The largest absolute Gasteiger partial charge is 0.480 e.